The second-order valence-corrected chi connectivity index (χ2v) is 5.56. The number of likely N-dealkylation sites (tertiary alicyclic amines) is 1. The largest absolute Gasteiger partial charge is 0.480 e. The summed E-state index contributed by atoms with van der Waals surface area (Å²) in [7, 11) is 0. The number of carbonyl (C=O) groups is 1. The molecule has 1 aromatic rings. The fourth-order valence-corrected chi connectivity index (χ4v) is 3.02. The van der Waals surface area contributed by atoms with Gasteiger partial charge in [0.05, 0.1) is 4.34 Å². The molecule has 3 nitrogen and oxygen atoms in total. The fraction of sp³-hybridized carbons (Fsp3) is 0.545. The van der Waals surface area contributed by atoms with Gasteiger partial charge in [-0.05, 0) is 36.4 Å². The molecule has 1 saturated heterocycles. The van der Waals surface area contributed by atoms with Crippen LogP contribution in [-0.4, -0.2) is 28.6 Å². The lowest BCUT2D eigenvalue weighted by Crippen LogP contribution is -2.43. The number of hydrogen-bond acceptors (Lipinski definition) is 3. The summed E-state index contributed by atoms with van der Waals surface area (Å²) in [4.78, 5) is 13.1. The second kappa shape index (κ2) is 5.17. The van der Waals surface area contributed by atoms with E-state index in [2.05, 4.69) is 0 Å². The van der Waals surface area contributed by atoms with E-state index in [1.165, 1.54) is 11.3 Å². The van der Waals surface area contributed by atoms with E-state index in [-0.39, 0.29) is 6.04 Å². The monoisotopic (exact) mass is 259 g/mol. The van der Waals surface area contributed by atoms with E-state index in [0.29, 0.717) is 6.54 Å². The molecular formula is C11H14ClNO2S. The summed E-state index contributed by atoms with van der Waals surface area (Å²) in [5.41, 5.74) is 1.04. The number of carboxylic acid groups (broad SMARTS) is 1. The summed E-state index contributed by atoms with van der Waals surface area (Å²) in [6.45, 7) is 1.50. The first-order valence-electron chi connectivity index (χ1n) is 5.37. The van der Waals surface area contributed by atoms with Gasteiger partial charge >= 0.3 is 5.97 Å². The molecule has 1 unspecified atom stereocenters. The lowest BCUT2D eigenvalue weighted by atomic mass is 10.0. The maximum Gasteiger partial charge on any atom is 0.320 e. The molecule has 16 heavy (non-hydrogen) atoms. The van der Waals surface area contributed by atoms with Gasteiger partial charge in [0.15, 0.2) is 0 Å². The van der Waals surface area contributed by atoms with Crippen molar-refractivity contribution >= 4 is 28.9 Å². The molecular weight excluding hydrogens is 246 g/mol. The minimum Gasteiger partial charge on any atom is -0.480 e. The highest BCUT2D eigenvalue weighted by Crippen LogP contribution is 2.27. The predicted molar refractivity (Wildman–Crippen MR) is 65.0 cm³/mol. The third-order valence-corrected chi connectivity index (χ3v) is 4.22. The molecule has 1 aliphatic rings. The number of nitrogens with zero attached hydrogens (tertiary/aromatic N) is 1. The summed E-state index contributed by atoms with van der Waals surface area (Å²) in [6, 6.07) is 1.63. The van der Waals surface area contributed by atoms with Gasteiger partial charge in [0.25, 0.3) is 0 Å². The van der Waals surface area contributed by atoms with Gasteiger partial charge in [0, 0.05) is 6.54 Å². The minimum atomic E-state index is -0.717. The van der Waals surface area contributed by atoms with Crippen molar-refractivity contribution in [3.05, 3.63) is 21.3 Å². The Kier molecular flexibility index (Phi) is 3.84. The second-order valence-electron chi connectivity index (χ2n) is 4.04. The van der Waals surface area contributed by atoms with Crippen molar-refractivity contribution in [2.45, 2.75) is 31.8 Å². The van der Waals surface area contributed by atoms with Crippen molar-refractivity contribution in [3.8, 4) is 0 Å². The van der Waals surface area contributed by atoms with Crippen LogP contribution in [0.4, 0.5) is 0 Å². The molecule has 0 saturated carbocycles. The van der Waals surface area contributed by atoms with E-state index in [1.54, 1.807) is 0 Å². The molecule has 0 bridgehead atoms. The average Bonchev–Trinajstić information content (AvgIpc) is 2.65. The zero-order valence-corrected chi connectivity index (χ0v) is 10.4. The molecule has 1 atom stereocenters. The maximum absolute atomic E-state index is 11.1. The van der Waals surface area contributed by atoms with Crippen LogP contribution in [0.3, 0.4) is 0 Å². The van der Waals surface area contributed by atoms with E-state index in [9.17, 15) is 4.79 Å². The Hall–Kier alpha value is -0.580. The first-order chi connectivity index (χ1) is 7.68. The smallest absolute Gasteiger partial charge is 0.320 e. The SMILES string of the molecule is O=C(O)C1CCCCN1Cc1ccsc1Cl. The molecule has 1 aliphatic heterocycles. The highest BCUT2D eigenvalue weighted by Gasteiger charge is 2.28. The van der Waals surface area contributed by atoms with Gasteiger partial charge in [-0.1, -0.05) is 18.0 Å². The molecule has 5 heteroatoms. The summed E-state index contributed by atoms with van der Waals surface area (Å²) in [5, 5.41) is 11.1. The third-order valence-electron chi connectivity index (χ3n) is 2.97. The topological polar surface area (TPSA) is 40.5 Å². The van der Waals surface area contributed by atoms with Crippen molar-refractivity contribution in [1.29, 1.82) is 0 Å². The molecule has 1 aromatic heterocycles. The number of rotatable bonds is 3. The first-order valence-corrected chi connectivity index (χ1v) is 6.63. The number of aliphatic carboxylic acids is 1. The van der Waals surface area contributed by atoms with Crippen LogP contribution in [0.5, 0.6) is 0 Å². The van der Waals surface area contributed by atoms with Gasteiger partial charge in [-0.15, -0.1) is 11.3 Å². The highest BCUT2D eigenvalue weighted by atomic mass is 35.5. The number of hydrogen-bond donors (Lipinski definition) is 1. The Morgan fingerprint density at radius 3 is 3.06 bits per heavy atom. The average molecular weight is 260 g/mol. The van der Waals surface area contributed by atoms with Gasteiger partial charge < -0.3 is 5.11 Å². The predicted octanol–water partition coefficient (Wildman–Crippen LogP) is 2.84. The van der Waals surface area contributed by atoms with Crippen molar-refractivity contribution in [1.82, 2.24) is 4.90 Å². The fourth-order valence-electron chi connectivity index (χ4n) is 2.11. The molecule has 1 fully saturated rings. The minimum absolute atomic E-state index is 0.343. The zero-order valence-electron chi connectivity index (χ0n) is 8.86. The molecule has 2 rings (SSSR count). The van der Waals surface area contributed by atoms with E-state index < -0.39 is 5.97 Å². The molecule has 88 valence electrons. The number of halogens is 1. The van der Waals surface area contributed by atoms with Crippen LogP contribution in [0.2, 0.25) is 4.34 Å². The quantitative estimate of drug-likeness (QED) is 0.908. The first kappa shape index (κ1) is 11.9. The molecule has 2 heterocycles. The molecule has 0 amide bonds. The van der Waals surface area contributed by atoms with Gasteiger partial charge in [0.1, 0.15) is 6.04 Å². The molecule has 0 aromatic carbocycles. The Morgan fingerprint density at radius 2 is 2.44 bits per heavy atom. The standard InChI is InChI=1S/C11H14ClNO2S/c12-10-8(4-6-16-10)7-13-5-2-1-3-9(13)11(14)15/h4,6,9H,1-3,5,7H2,(H,14,15). The molecule has 0 radical (unpaired) electrons. The lowest BCUT2D eigenvalue weighted by molar-refractivity contribution is -0.144. The van der Waals surface area contributed by atoms with Crippen molar-refractivity contribution in [2.75, 3.05) is 6.54 Å². The van der Waals surface area contributed by atoms with E-state index in [4.69, 9.17) is 16.7 Å². The van der Waals surface area contributed by atoms with Crippen molar-refractivity contribution in [3.63, 3.8) is 0 Å². The Bertz CT molecular complexity index is 380. The Morgan fingerprint density at radius 1 is 1.62 bits per heavy atom. The van der Waals surface area contributed by atoms with E-state index in [1.807, 2.05) is 16.3 Å². The van der Waals surface area contributed by atoms with Crippen LogP contribution < -0.4 is 0 Å². The van der Waals surface area contributed by atoms with Gasteiger partial charge in [-0.2, -0.15) is 0 Å². The molecule has 0 aliphatic carbocycles. The van der Waals surface area contributed by atoms with Crippen LogP contribution >= 0.6 is 22.9 Å². The number of piperidine rings is 1. The van der Waals surface area contributed by atoms with Crippen molar-refractivity contribution < 1.29 is 9.90 Å². The normalized spacial score (nSPS) is 22.2. The van der Waals surface area contributed by atoms with Crippen LogP contribution in [0, 0.1) is 0 Å². The van der Waals surface area contributed by atoms with Crippen LogP contribution in [0.15, 0.2) is 11.4 Å². The number of thiophene rings is 1. The highest BCUT2D eigenvalue weighted by molar-refractivity contribution is 7.14. The Balaban J connectivity index is 2.07. The van der Waals surface area contributed by atoms with Crippen LogP contribution in [0.25, 0.3) is 0 Å². The van der Waals surface area contributed by atoms with Gasteiger partial charge in [-0.3, -0.25) is 9.69 Å². The maximum atomic E-state index is 11.1. The summed E-state index contributed by atoms with van der Waals surface area (Å²) in [6.07, 6.45) is 2.83. The van der Waals surface area contributed by atoms with Gasteiger partial charge in [0.2, 0.25) is 0 Å². The zero-order chi connectivity index (χ0) is 11.5. The lowest BCUT2D eigenvalue weighted by Gasteiger charge is -2.32. The van der Waals surface area contributed by atoms with Crippen LogP contribution in [0.1, 0.15) is 24.8 Å². The van der Waals surface area contributed by atoms with E-state index >= 15 is 0 Å². The molecule has 0 spiro atoms. The van der Waals surface area contributed by atoms with Crippen LogP contribution in [-0.2, 0) is 11.3 Å². The van der Waals surface area contributed by atoms with Crippen molar-refractivity contribution in [2.24, 2.45) is 0 Å². The third kappa shape index (κ3) is 2.56. The Labute approximate surface area is 104 Å². The summed E-state index contributed by atoms with van der Waals surface area (Å²) >= 11 is 7.52. The molecule has 1 N–H and O–H groups in total. The summed E-state index contributed by atoms with van der Waals surface area (Å²) < 4.78 is 0.773. The summed E-state index contributed by atoms with van der Waals surface area (Å²) in [5.74, 6) is -0.717. The number of carboxylic acids is 1. The van der Waals surface area contributed by atoms with Gasteiger partial charge in [-0.25, -0.2) is 0 Å². The van der Waals surface area contributed by atoms with E-state index in [0.717, 1.165) is 35.7 Å².